The van der Waals surface area contributed by atoms with E-state index >= 15 is 0 Å². The molecule has 0 aliphatic heterocycles. The van der Waals surface area contributed by atoms with E-state index in [1.54, 1.807) is 30.3 Å². The van der Waals surface area contributed by atoms with E-state index in [0.717, 1.165) is 11.8 Å². The molecule has 5 nitrogen and oxygen atoms in total. The third kappa shape index (κ3) is 4.47. The minimum absolute atomic E-state index is 0.0736. The quantitative estimate of drug-likeness (QED) is 0.753. The average molecular weight is 264 g/mol. The summed E-state index contributed by atoms with van der Waals surface area (Å²) in [6, 6.07) is 9.32. The zero-order valence-electron chi connectivity index (χ0n) is 9.50. The third-order valence-electron chi connectivity index (χ3n) is 2.08. The summed E-state index contributed by atoms with van der Waals surface area (Å²) in [6.07, 6.45) is 0. The predicted molar refractivity (Wildman–Crippen MR) is 67.9 cm³/mol. The Kier molecular flexibility index (Phi) is 5.74. The monoisotopic (exact) mass is 264 g/mol. The Hall–Kier alpha value is -2.00. The van der Waals surface area contributed by atoms with Crippen molar-refractivity contribution in [2.75, 3.05) is 11.5 Å². The van der Waals surface area contributed by atoms with Crippen LogP contribution in [0, 0.1) is 11.3 Å². The van der Waals surface area contributed by atoms with Gasteiger partial charge in [0, 0.05) is 0 Å². The minimum atomic E-state index is -1.11. The number of carbonyl (C=O) groups is 2. The van der Waals surface area contributed by atoms with Crippen molar-refractivity contribution in [1.29, 1.82) is 5.26 Å². The van der Waals surface area contributed by atoms with Gasteiger partial charge in [0.05, 0.1) is 17.6 Å². The standard InChI is InChI=1S/C12H12N2O3S/c13-6-7-18-8-10(15)14-11(12(16)17)9-4-2-1-3-5-9/h1-5,11H,7-8H2,(H,14,15)(H,16,17)/t11-/m1/s1. The van der Waals surface area contributed by atoms with E-state index in [4.69, 9.17) is 10.4 Å². The molecule has 0 saturated heterocycles. The Balaban J connectivity index is 2.63. The Bertz CT molecular complexity index is 456. The van der Waals surface area contributed by atoms with Crippen molar-refractivity contribution in [3.63, 3.8) is 0 Å². The molecule has 0 heterocycles. The van der Waals surface area contributed by atoms with Crippen molar-refractivity contribution < 1.29 is 14.7 Å². The van der Waals surface area contributed by atoms with Crippen molar-refractivity contribution in [2.45, 2.75) is 6.04 Å². The van der Waals surface area contributed by atoms with Gasteiger partial charge >= 0.3 is 5.97 Å². The van der Waals surface area contributed by atoms with E-state index in [0.29, 0.717) is 5.56 Å². The Morgan fingerprint density at radius 2 is 2.06 bits per heavy atom. The second-order valence-electron chi connectivity index (χ2n) is 3.40. The summed E-state index contributed by atoms with van der Waals surface area (Å²) in [5.74, 6) is -1.23. The van der Waals surface area contributed by atoms with Gasteiger partial charge in [0.25, 0.3) is 0 Å². The lowest BCUT2D eigenvalue weighted by Gasteiger charge is -2.14. The highest BCUT2D eigenvalue weighted by atomic mass is 32.2. The van der Waals surface area contributed by atoms with Crippen LogP contribution in [0.3, 0.4) is 0 Å². The SMILES string of the molecule is N#CCSCC(=O)N[C@@H](C(=O)O)c1ccccc1. The van der Waals surface area contributed by atoms with Crippen LogP contribution in [-0.2, 0) is 9.59 Å². The Morgan fingerprint density at radius 3 is 2.61 bits per heavy atom. The van der Waals surface area contributed by atoms with Crippen molar-refractivity contribution in [3.8, 4) is 6.07 Å². The van der Waals surface area contributed by atoms with Gasteiger partial charge in [-0.3, -0.25) is 4.79 Å². The van der Waals surface area contributed by atoms with Gasteiger partial charge in [-0.1, -0.05) is 30.3 Å². The predicted octanol–water partition coefficient (Wildman–Crippen LogP) is 1.19. The number of aliphatic carboxylic acids is 1. The number of carbonyl (C=O) groups excluding carboxylic acids is 1. The second kappa shape index (κ2) is 7.35. The summed E-state index contributed by atoms with van der Waals surface area (Å²) in [6.45, 7) is 0. The van der Waals surface area contributed by atoms with Crippen LogP contribution in [0.25, 0.3) is 0 Å². The van der Waals surface area contributed by atoms with E-state index in [1.807, 2.05) is 6.07 Å². The van der Waals surface area contributed by atoms with Crippen LogP contribution >= 0.6 is 11.8 Å². The highest BCUT2D eigenvalue weighted by molar-refractivity contribution is 8.00. The number of hydrogen-bond acceptors (Lipinski definition) is 4. The number of carboxylic acids is 1. The molecule has 0 unspecified atom stereocenters. The number of amides is 1. The maximum Gasteiger partial charge on any atom is 0.330 e. The lowest BCUT2D eigenvalue weighted by molar-refractivity contribution is -0.141. The number of carboxylic acid groups (broad SMARTS) is 1. The van der Waals surface area contributed by atoms with Crippen molar-refractivity contribution >= 4 is 23.6 Å². The van der Waals surface area contributed by atoms with E-state index in [2.05, 4.69) is 5.32 Å². The van der Waals surface area contributed by atoms with Gasteiger partial charge in [0.15, 0.2) is 6.04 Å². The Labute approximate surface area is 109 Å². The van der Waals surface area contributed by atoms with Crippen LogP contribution < -0.4 is 5.32 Å². The molecule has 0 aliphatic rings. The van der Waals surface area contributed by atoms with Crippen LogP contribution in [0.2, 0.25) is 0 Å². The maximum atomic E-state index is 11.5. The van der Waals surface area contributed by atoms with E-state index in [1.165, 1.54) is 0 Å². The lowest BCUT2D eigenvalue weighted by Crippen LogP contribution is -2.34. The molecule has 1 amide bonds. The van der Waals surface area contributed by atoms with Crippen LogP contribution in [0.1, 0.15) is 11.6 Å². The van der Waals surface area contributed by atoms with Crippen molar-refractivity contribution in [2.24, 2.45) is 0 Å². The fourth-order valence-corrected chi connectivity index (χ4v) is 1.79. The van der Waals surface area contributed by atoms with Gasteiger partial charge in [-0.15, -0.1) is 11.8 Å². The average Bonchev–Trinajstić information content (AvgIpc) is 2.37. The number of nitriles is 1. The molecular formula is C12H12N2O3S. The molecule has 0 fully saturated rings. The summed E-state index contributed by atoms with van der Waals surface area (Å²) in [5.41, 5.74) is 0.517. The normalized spacial score (nSPS) is 11.3. The molecule has 0 radical (unpaired) electrons. The van der Waals surface area contributed by atoms with E-state index in [9.17, 15) is 9.59 Å². The van der Waals surface area contributed by atoms with Gasteiger partial charge in [0.2, 0.25) is 5.91 Å². The Morgan fingerprint density at radius 1 is 1.39 bits per heavy atom. The molecular weight excluding hydrogens is 252 g/mol. The first-order valence-electron chi connectivity index (χ1n) is 5.17. The molecule has 1 aromatic carbocycles. The van der Waals surface area contributed by atoms with Crippen molar-refractivity contribution in [1.82, 2.24) is 5.32 Å². The van der Waals surface area contributed by atoms with Crippen LogP contribution in [0.5, 0.6) is 0 Å². The number of hydrogen-bond donors (Lipinski definition) is 2. The summed E-state index contributed by atoms with van der Waals surface area (Å²) in [7, 11) is 0. The molecule has 0 aliphatic carbocycles. The number of thioether (sulfide) groups is 1. The zero-order valence-corrected chi connectivity index (χ0v) is 10.3. The molecule has 2 N–H and O–H groups in total. The molecule has 0 saturated carbocycles. The minimum Gasteiger partial charge on any atom is -0.479 e. The highest BCUT2D eigenvalue weighted by Crippen LogP contribution is 2.13. The van der Waals surface area contributed by atoms with Crippen molar-refractivity contribution in [3.05, 3.63) is 35.9 Å². The fraction of sp³-hybridized carbons (Fsp3) is 0.250. The van der Waals surface area contributed by atoms with Crippen LogP contribution in [-0.4, -0.2) is 28.5 Å². The van der Waals surface area contributed by atoms with Gasteiger partial charge in [-0.25, -0.2) is 4.79 Å². The van der Waals surface area contributed by atoms with Gasteiger partial charge in [-0.05, 0) is 5.56 Å². The fourth-order valence-electron chi connectivity index (χ4n) is 1.33. The largest absolute Gasteiger partial charge is 0.479 e. The number of benzene rings is 1. The molecule has 0 spiro atoms. The number of rotatable bonds is 6. The lowest BCUT2D eigenvalue weighted by atomic mass is 10.1. The summed E-state index contributed by atoms with van der Waals surface area (Å²) < 4.78 is 0. The molecule has 0 aromatic heterocycles. The van der Waals surface area contributed by atoms with Gasteiger partial charge < -0.3 is 10.4 Å². The first kappa shape index (κ1) is 14.1. The maximum absolute atomic E-state index is 11.5. The topological polar surface area (TPSA) is 90.2 Å². The second-order valence-corrected chi connectivity index (χ2v) is 4.39. The number of nitrogens with one attached hydrogen (secondary N) is 1. The first-order chi connectivity index (χ1) is 8.65. The summed E-state index contributed by atoms with van der Waals surface area (Å²) in [4.78, 5) is 22.6. The molecule has 0 bridgehead atoms. The summed E-state index contributed by atoms with van der Waals surface area (Å²) in [5, 5.41) is 19.8. The van der Waals surface area contributed by atoms with Crippen LogP contribution in [0.4, 0.5) is 0 Å². The van der Waals surface area contributed by atoms with Gasteiger partial charge in [-0.2, -0.15) is 5.26 Å². The first-order valence-corrected chi connectivity index (χ1v) is 6.32. The third-order valence-corrected chi connectivity index (χ3v) is 2.88. The van der Waals surface area contributed by atoms with E-state index < -0.39 is 17.9 Å². The smallest absolute Gasteiger partial charge is 0.330 e. The molecule has 94 valence electrons. The van der Waals surface area contributed by atoms with Gasteiger partial charge in [0.1, 0.15) is 0 Å². The highest BCUT2D eigenvalue weighted by Gasteiger charge is 2.21. The summed E-state index contributed by atoms with van der Waals surface area (Å²) >= 11 is 1.14. The molecule has 6 heteroatoms. The van der Waals surface area contributed by atoms with Crippen LogP contribution in [0.15, 0.2) is 30.3 Å². The molecule has 1 aromatic rings. The number of nitrogens with zero attached hydrogens (tertiary/aromatic N) is 1. The van der Waals surface area contributed by atoms with E-state index in [-0.39, 0.29) is 11.5 Å². The molecule has 18 heavy (non-hydrogen) atoms. The molecule has 1 atom stereocenters. The molecule has 1 rings (SSSR count). The zero-order chi connectivity index (χ0) is 13.4.